The molecule has 16 heteroatoms. The van der Waals surface area contributed by atoms with E-state index in [1.165, 1.54) is 40.9 Å². The molecule has 0 radical (unpaired) electrons. The summed E-state index contributed by atoms with van der Waals surface area (Å²) in [4.78, 5) is 11.9. The second kappa shape index (κ2) is 13.1. The van der Waals surface area contributed by atoms with E-state index in [0.717, 1.165) is 11.8 Å². The number of thiazole rings is 1. The van der Waals surface area contributed by atoms with Gasteiger partial charge in [-0.05, 0) is 18.2 Å². The number of hydrogen-bond acceptors (Lipinski definition) is 9. The lowest BCUT2D eigenvalue weighted by Gasteiger charge is -2.19. The monoisotopic (exact) mass is 562 g/mol. The summed E-state index contributed by atoms with van der Waals surface area (Å²) in [6, 6.07) is 5.25. The fourth-order valence-corrected chi connectivity index (χ4v) is 7.02. The fraction of sp³-hybridized carbons (Fsp3) is 0.421. The first kappa shape index (κ1) is 28.8. The van der Waals surface area contributed by atoms with Gasteiger partial charge in [0, 0.05) is 43.6 Å². The Kier molecular flexibility index (Phi) is 10.8. The van der Waals surface area contributed by atoms with E-state index in [1.807, 2.05) is 5.38 Å². The predicted molar refractivity (Wildman–Crippen MR) is 142 cm³/mol. The lowest BCUT2D eigenvalue weighted by molar-refractivity contribution is 0.445. The van der Waals surface area contributed by atoms with Crippen LogP contribution in [0.4, 0.5) is 5.13 Å². The van der Waals surface area contributed by atoms with E-state index in [2.05, 4.69) is 25.0 Å². The molecule has 0 aliphatic rings. The van der Waals surface area contributed by atoms with Gasteiger partial charge in [-0.1, -0.05) is 19.9 Å². The maximum absolute atomic E-state index is 12.9. The molecule has 2 rings (SSSR count). The number of guanidine groups is 2. The molecule has 194 valence electrons. The number of hydrogen-bond donors (Lipinski definition) is 4. The molecular formula is C19H30N8O4S4. The van der Waals surface area contributed by atoms with Gasteiger partial charge in [-0.3, -0.25) is 4.99 Å². The van der Waals surface area contributed by atoms with E-state index in [9.17, 15) is 16.8 Å². The van der Waals surface area contributed by atoms with Crippen LogP contribution in [0.1, 0.15) is 19.5 Å². The second-order valence-electron chi connectivity index (χ2n) is 6.88. The first-order chi connectivity index (χ1) is 16.5. The largest absolute Gasteiger partial charge is 0.370 e. The summed E-state index contributed by atoms with van der Waals surface area (Å²) in [7, 11) is -6.41. The fourth-order valence-electron chi connectivity index (χ4n) is 2.80. The molecule has 35 heavy (non-hydrogen) atoms. The van der Waals surface area contributed by atoms with Crippen molar-refractivity contribution in [1.82, 2.24) is 19.3 Å². The molecule has 0 spiro atoms. The van der Waals surface area contributed by atoms with Gasteiger partial charge in [-0.2, -0.15) is 21.1 Å². The van der Waals surface area contributed by atoms with Gasteiger partial charge in [-0.25, -0.2) is 26.5 Å². The standard InChI is InChI=1S/C19H30N8O4S4/c1-4-27(5-2)35(30,31)16-8-6-7-15(11-16)34(28,29)26-18(22-3)23-9-10-32-12-14-13-33-19(24-14)25-17(20)21/h6-8,11,13H,4-5,9-10,12H2,1-3H3,(H2,22,23,26)(H4,20,21,24,25). The Bertz CT molecular complexity index is 1250. The number of aliphatic imine (C=N–C) groups is 2. The molecule has 1 aromatic heterocycles. The minimum Gasteiger partial charge on any atom is -0.370 e. The third kappa shape index (κ3) is 8.34. The second-order valence-corrected chi connectivity index (χ2v) is 12.4. The molecule has 0 fully saturated rings. The molecule has 0 aliphatic heterocycles. The molecule has 0 unspecified atom stereocenters. The zero-order valence-corrected chi connectivity index (χ0v) is 22.9. The van der Waals surface area contributed by atoms with E-state index in [4.69, 9.17) is 11.5 Å². The first-order valence-electron chi connectivity index (χ1n) is 10.5. The summed E-state index contributed by atoms with van der Waals surface area (Å²) >= 11 is 2.92. The van der Waals surface area contributed by atoms with Crippen LogP contribution in [-0.4, -0.2) is 70.5 Å². The number of nitrogens with two attached hydrogens (primary N) is 2. The Labute approximate surface area is 214 Å². The normalized spacial score (nSPS) is 12.5. The van der Waals surface area contributed by atoms with Crippen molar-refractivity contribution in [1.29, 1.82) is 0 Å². The molecule has 0 saturated heterocycles. The van der Waals surface area contributed by atoms with Gasteiger partial charge in [0.25, 0.3) is 10.0 Å². The Hall–Kier alpha value is -2.40. The molecule has 2 aromatic rings. The minimum atomic E-state index is -4.06. The topological polar surface area (TPSA) is 185 Å². The Balaban J connectivity index is 1.95. The van der Waals surface area contributed by atoms with Gasteiger partial charge in [0.2, 0.25) is 21.1 Å². The summed E-state index contributed by atoms with van der Waals surface area (Å²) in [5, 5.41) is 5.29. The van der Waals surface area contributed by atoms with E-state index in [0.29, 0.717) is 23.2 Å². The van der Waals surface area contributed by atoms with Gasteiger partial charge in [-0.15, -0.1) is 11.3 Å². The van der Waals surface area contributed by atoms with Crippen LogP contribution >= 0.6 is 23.1 Å². The van der Waals surface area contributed by atoms with E-state index in [1.54, 1.807) is 25.6 Å². The summed E-state index contributed by atoms with van der Waals surface area (Å²) in [5.74, 6) is 1.28. The Morgan fingerprint density at radius 1 is 1.17 bits per heavy atom. The molecule has 0 atom stereocenters. The van der Waals surface area contributed by atoms with Crippen molar-refractivity contribution in [2.24, 2.45) is 21.5 Å². The zero-order valence-electron chi connectivity index (χ0n) is 19.6. The van der Waals surface area contributed by atoms with E-state index in [-0.39, 0.29) is 34.8 Å². The van der Waals surface area contributed by atoms with Crippen LogP contribution in [0.3, 0.4) is 0 Å². The van der Waals surface area contributed by atoms with Gasteiger partial charge in [0.15, 0.2) is 5.96 Å². The van der Waals surface area contributed by atoms with Crippen LogP contribution in [0.15, 0.2) is 49.4 Å². The molecule has 0 saturated carbocycles. The van der Waals surface area contributed by atoms with Crippen molar-refractivity contribution in [2.75, 3.05) is 32.4 Å². The van der Waals surface area contributed by atoms with Crippen molar-refractivity contribution in [2.45, 2.75) is 29.4 Å². The van der Waals surface area contributed by atoms with Gasteiger partial charge in [0.05, 0.1) is 15.5 Å². The molecule has 0 aliphatic carbocycles. The van der Waals surface area contributed by atoms with Crippen molar-refractivity contribution in [3.63, 3.8) is 0 Å². The van der Waals surface area contributed by atoms with Crippen molar-refractivity contribution >= 4 is 60.2 Å². The third-order valence-electron chi connectivity index (χ3n) is 4.47. The highest BCUT2D eigenvalue weighted by molar-refractivity contribution is 7.98. The first-order valence-corrected chi connectivity index (χ1v) is 15.4. The third-order valence-corrected chi connectivity index (χ3v) is 9.63. The van der Waals surface area contributed by atoms with Gasteiger partial charge < -0.3 is 16.8 Å². The molecule has 0 bridgehead atoms. The molecule has 6 N–H and O–H groups in total. The van der Waals surface area contributed by atoms with Crippen LogP contribution < -0.4 is 21.5 Å². The van der Waals surface area contributed by atoms with Crippen molar-refractivity contribution < 1.29 is 16.8 Å². The van der Waals surface area contributed by atoms with Crippen LogP contribution in [0.5, 0.6) is 0 Å². The number of nitrogens with one attached hydrogen (secondary N) is 2. The average Bonchev–Trinajstić information content (AvgIpc) is 3.25. The highest BCUT2D eigenvalue weighted by atomic mass is 32.2. The Morgan fingerprint density at radius 2 is 1.86 bits per heavy atom. The molecule has 12 nitrogen and oxygen atoms in total. The van der Waals surface area contributed by atoms with Crippen LogP contribution in [0, 0.1) is 0 Å². The smallest absolute Gasteiger partial charge is 0.264 e. The molecule has 0 amide bonds. The highest BCUT2D eigenvalue weighted by Gasteiger charge is 2.24. The van der Waals surface area contributed by atoms with Crippen LogP contribution in [0.2, 0.25) is 0 Å². The lowest BCUT2D eigenvalue weighted by Crippen LogP contribution is -2.41. The quantitative estimate of drug-likeness (QED) is 0.165. The number of nitrogens with zero attached hydrogens (tertiary/aromatic N) is 4. The summed E-state index contributed by atoms with van der Waals surface area (Å²) in [5.41, 5.74) is 11.5. The maximum atomic E-state index is 12.9. The van der Waals surface area contributed by atoms with Crippen LogP contribution in [0.25, 0.3) is 0 Å². The minimum absolute atomic E-state index is 0.0474. The van der Waals surface area contributed by atoms with Crippen LogP contribution in [-0.2, 0) is 25.8 Å². The van der Waals surface area contributed by atoms with Crippen molar-refractivity contribution in [3.05, 3.63) is 35.3 Å². The Morgan fingerprint density at radius 3 is 2.49 bits per heavy atom. The summed E-state index contributed by atoms with van der Waals surface area (Å²) in [6.07, 6.45) is 0. The zero-order chi connectivity index (χ0) is 26.1. The average molecular weight is 563 g/mol. The number of sulfonamides is 2. The number of benzene rings is 1. The van der Waals surface area contributed by atoms with Gasteiger partial charge in [0.1, 0.15) is 0 Å². The molecular weight excluding hydrogens is 533 g/mol. The number of aromatic nitrogens is 1. The lowest BCUT2D eigenvalue weighted by atomic mass is 10.4. The number of rotatable bonds is 12. The number of thioether (sulfide) groups is 1. The van der Waals surface area contributed by atoms with Crippen molar-refractivity contribution in [3.8, 4) is 0 Å². The maximum Gasteiger partial charge on any atom is 0.264 e. The van der Waals surface area contributed by atoms with Gasteiger partial charge >= 0.3 is 0 Å². The summed E-state index contributed by atoms with van der Waals surface area (Å²) in [6.45, 7) is 4.43. The predicted octanol–water partition coefficient (Wildman–Crippen LogP) is 0.866. The summed E-state index contributed by atoms with van der Waals surface area (Å²) < 4.78 is 54.9. The van der Waals surface area contributed by atoms with E-state index < -0.39 is 20.0 Å². The molecule has 1 heterocycles. The SMILES string of the molecule is CCN(CC)S(=O)(=O)c1cccc(S(=O)(=O)NC(=NC)NCCSCc2csc(N=C(N)N)n2)c1. The molecule has 1 aromatic carbocycles. The van der Waals surface area contributed by atoms with E-state index >= 15 is 0 Å². The highest BCUT2D eigenvalue weighted by Crippen LogP contribution is 2.22.